The largest absolute Gasteiger partial charge is 0.507 e. The summed E-state index contributed by atoms with van der Waals surface area (Å²) < 4.78 is 29.4. The Balaban J connectivity index is 1.24. The third-order valence-electron chi connectivity index (χ3n) is 12.4. The van der Waals surface area contributed by atoms with Crippen LogP contribution in [0.2, 0.25) is 0 Å². The summed E-state index contributed by atoms with van der Waals surface area (Å²) in [6, 6.07) is 63.6. The van der Waals surface area contributed by atoms with E-state index in [0.29, 0.717) is 33.7 Å². The number of imidazole rings is 1. The van der Waals surface area contributed by atoms with Gasteiger partial charge in [-0.3, -0.25) is 9.55 Å². The molecular formula is C61H51N3O. The zero-order chi connectivity index (χ0) is 47.3. The van der Waals surface area contributed by atoms with Crippen LogP contribution in [0.25, 0.3) is 95.0 Å². The smallest absolute Gasteiger partial charge is 0.149 e. The number of aromatic nitrogens is 3. The Morgan fingerprint density at radius 3 is 1.86 bits per heavy atom. The van der Waals surface area contributed by atoms with Gasteiger partial charge in [-0.1, -0.05) is 154 Å². The van der Waals surface area contributed by atoms with Crippen molar-refractivity contribution in [1.29, 1.82) is 0 Å². The molecule has 0 spiro atoms. The Labute approximate surface area is 386 Å². The fourth-order valence-electron chi connectivity index (χ4n) is 9.25. The van der Waals surface area contributed by atoms with E-state index in [1.807, 2.05) is 128 Å². The molecule has 8 aromatic carbocycles. The van der Waals surface area contributed by atoms with Gasteiger partial charge in [0.15, 0.2) is 0 Å². The van der Waals surface area contributed by atoms with Crippen molar-refractivity contribution in [1.82, 2.24) is 14.5 Å². The minimum Gasteiger partial charge on any atom is -0.507 e. The van der Waals surface area contributed by atoms with Crippen LogP contribution in [0, 0.1) is 20.7 Å². The number of benzene rings is 8. The van der Waals surface area contributed by atoms with Crippen LogP contribution in [0.4, 0.5) is 0 Å². The Morgan fingerprint density at radius 1 is 0.508 bits per heavy atom. The molecule has 0 aliphatic carbocycles. The fourth-order valence-corrected chi connectivity index (χ4v) is 9.25. The molecule has 316 valence electrons. The molecule has 0 fully saturated rings. The third kappa shape index (κ3) is 7.82. The van der Waals surface area contributed by atoms with Gasteiger partial charge in [-0.25, -0.2) is 4.98 Å². The summed E-state index contributed by atoms with van der Waals surface area (Å²) in [5.41, 5.74) is 16.6. The summed E-state index contributed by atoms with van der Waals surface area (Å²) in [6.45, 7) is 7.90. The average molecular weight is 845 g/mol. The molecule has 0 atom stereocenters. The van der Waals surface area contributed by atoms with Crippen molar-refractivity contribution in [3.63, 3.8) is 0 Å². The normalized spacial score (nSPS) is 12.5. The van der Waals surface area contributed by atoms with Crippen molar-refractivity contribution in [2.24, 2.45) is 0 Å². The fraction of sp³-hybridized carbons (Fsp3) is 0.115. The lowest BCUT2D eigenvalue weighted by Crippen LogP contribution is -2.13. The lowest BCUT2D eigenvalue weighted by atomic mass is 9.78. The van der Waals surface area contributed by atoms with Crippen LogP contribution in [0.3, 0.4) is 0 Å². The molecule has 10 rings (SSSR count). The average Bonchev–Trinajstić information content (AvgIpc) is 3.74. The van der Waals surface area contributed by atoms with Crippen LogP contribution >= 0.6 is 0 Å². The van der Waals surface area contributed by atoms with Crippen LogP contribution in [0.15, 0.2) is 194 Å². The predicted octanol–water partition coefficient (Wildman–Crippen LogP) is 16.0. The summed E-state index contributed by atoms with van der Waals surface area (Å²) in [7, 11) is 0. The first-order chi connectivity index (χ1) is 32.7. The van der Waals surface area contributed by atoms with Gasteiger partial charge in [-0.2, -0.15) is 0 Å². The molecule has 4 nitrogen and oxygen atoms in total. The first-order valence-electron chi connectivity index (χ1n) is 23.6. The van der Waals surface area contributed by atoms with Gasteiger partial charge in [-0.05, 0) is 153 Å². The zero-order valence-corrected chi connectivity index (χ0v) is 37.3. The summed E-state index contributed by atoms with van der Waals surface area (Å²) in [5.74, 6) is 0.525. The quantitative estimate of drug-likeness (QED) is 0.166. The molecular weight excluding hydrogens is 791 g/mol. The predicted molar refractivity (Wildman–Crippen MR) is 271 cm³/mol. The van der Waals surface area contributed by atoms with Crippen molar-refractivity contribution in [3.05, 3.63) is 217 Å². The summed E-state index contributed by atoms with van der Waals surface area (Å²) in [5, 5.41) is 11.9. The Hall–Kier alpha value is -7.82. The molecule has 0 aliphatic rings. The molecule has 0 unspecified atom stereocenters. The number of aryl methyl sites for hydroxylation is 3. The van der Waals surface area contributed by atoms with Crippen molar-refractivity contribution < 1.29 is 9.22 Å². The standard InChI is InChI=1S/C61H51N3O/c1-39-32-41(3)59(65)52(33-39)60-63-58-51(48-35-47(43-20-12-8-13-21-43)36-49(37-48)54-38-45(30-31-62-54)42-18-10-7-11-19-42)25-17-27-56(58)64(60)55-29-28-46(34-40(55)2)57-50(44-22-14-9-15-23-44)24-16-26-53(57)61(4,5)6/h7-38,65H,1-6H3/i2D3. The number of para-hydroxylation sites is 1. The zero-order valence-electron chi connectivity index (χ0n) is 40.3. The monoisotopic (exact) mass is 844 g/mol. The van der Waals surface area contributed by atoms with Crippen LogP contribution < -0.4 is 0 Å². The van der Waals surface area contributed by atoms with Crippen LogP contribution in [0.5, 0.6) is 5.75 Å². The van der Waals surface area contributed by atoms with E-state index in [9.17, 15) is 5.11 Å². The van der Waals surface area contributed by atoms with E-state index in [-0.39, 0.29) is 16.7 Å². The molecule has 0 aliphatic heterocycles. The second kappa shape index (κ2) is 16.7. The van der Waals surface area contributed by atoms with Crippen LogP contribution in [0.1, 0.15) is 47.1 Å². The van der Waals surface area contributed by atoms with E-state index < -0.39 is 6.85 Å². The van der Waals surface area contributed by atoms with E-state index in [0.717, 1.165) is 78.0 Å². The number of hydrogen-bond acceptors (Lipinski definition) is 3. The Kier molecular flexibility index (Phi) is 9.69. The minimum absolute atomic E-state index is 0.0881. The van der Waals surface area contributed by atoms with Crippen molar-refractivity contribution in [3.8, 4) is 89.7 Å². The topological polar surface area (TPSA) is 50.9 Å². The molecule has 1 N–H and O–H groups in total. The summed E-state index contributed by atoms with van der Waals surface area (Å²) in [4.78, 5) is 10.3. The highest BCUT2D eigenvalue weighted by atomic mass is 16.3. The minimum atomic E-state index is -2.54. The van der Waals surface area contributed by atoms with Gasteiger partial charge < -0.3 is 5.11 Å². The first-order valence-corrected chi connectivity index (χ1v) is 22.1. The number of nitrogens with zero attached hydrogens (tertiary/aromatic N) is 3. The number of phenols is 1. The lowest BCUT2D eigenvalue weighted by Gasteiger charge is -2.26. The van der Waals surface area contributed by atoms with Crippen molar-refractivity contribution >= 4 is 11.0 Å². The summed E-state index contributed by atoms with van der Waals surface area (Å²) >= 11 is 0. The second-order valence-electron chi connectivity index (χ2n) is 18.0. The molecule has 65 heavy (non-hydrogen) atoms. The number of rotatable bonds is 8. The SMILES string of the molecule is [2H]C([2H])([2H])c1cc(-c2c(-c3ccccc3)cccc2C(C)(C)C)ccc1-n1c(-c2cc(C)cc(C)c2O)nc2c(-c3cc(-c4ccccc4)cc(-c4cc(-c5ccccc5)ccn4)c3)cccc21. The maximum Gasteiger partial charge on any atom is 0.149 e. The van der Waals surface area contributed by atoms with Gasteiger partial charge in [0.2, 0.25) is 0 Å². The molecule has 2 aromatic heterocycles. The second-order valence-corrected chi connectivity index (χ2v) is 18.0. The van der Waals surface area contributed by atoms with E-state index in [2.05, 4.69) is 106 Å². The number of fused-ring (bicyclic) bond motifs is 1. The number of pyridine rings is 1. The van der Waals surface area contributed by atoms with E-state index >= 15 is 0 Å². The first kappa shape index (κ1) is 37.7. The van der Waals surface area contributed by atoms with Gasteiger partial charge in [0.1, 0.15) is 11.6 Å². The van der Waals surface area contributed by atoms with Gasteiger partial charge in [-0.15, -0.1) is 0 Å². The van der Waals surface area contributed by atoms with Crippen molar-refractivity contribution in [2.45, 2.75) is 46.9 Å². The van der Waals surface area contributed by atoms with E-state index in [4.69, 9.17) is 14.1 Å². The molecule has 10 aromatic rings. The Morgan fingerprint density at radius 2 is 1.15 bits per heavy atom. The number of aromatic hydroxyl groups is 1. The highest BCUT2D eigenvalue weighted by Gasteiger charge is 2.25. The lowest BCUT2D eigenvalue weighted by molar-refractivity contribution is 0.472. The van der Waals surface area contributed by atoms with E-state index in [1.54, 1.807) is 0 Å². The Bertz CT molecular complexity index is 3500. The number of hydrogen-bond donors (Lipinski definition) is 1. The van der Waals surface area contributed by atoms with Crippen LogP contribution in [-0.2, 0) is 5.41 Å². The van der Waals surface area contributed by atoms with Crippen molar-refractivity contribution in [2.75, 3.05) is 0 Å². The third-order valence-corrected chi connectivity index (χ3v) is 12.4. The van der Waals surface area contributed by atoms with Gasteiger partial charge in [0, 0.05) is 21.4 Å². The van der Waals surface area contributed by atoms with Gasteiger partial charge in [0.05, 0.1) is 28.0 Å². The molecule has 2 heterocycles. The maximum absolute atomic E-state index is 11.9. The highest BCUT2D eigenvalue weighted by molar-refractivity contribution is 5.98. The van der Waals surface area contributed by atoms with Crippen LogP contribution in [-0.4, -0.2) is 19.6 Å². The molecule has 0 saturated heterocycles. The van der Waals surface area contributed by atoms with Gasteiger partial charge >= 0.3 is 0 Å². The molecule has 0 bridgehead atoms. The number of phenolic OH excluding ortho intramolecular Hbond substituents is 1. The molecule has 4 heteroatoms. The molecule has 0 amide bonds. The summed E-state index contributed by atoms with van der Waals surface area (Å²) in [6.07, 6.45) is 1.86. The van der Waals surface area contributed by atoms with E-state index in [1.165, 1.54) is 0 Å². The van der Waals surface area contributed by atoms with Gasteiger partial charge in [0.25, 0.3) is 0 Å². The maximum atomic E-state index is 11.9. The molecule has 0 saturated carbocycles. The molecule has 0 radical (unpaired) electrons. The highest BCUT2D eigenvalue weighted by Crippen LogP contribution is 2.44.